The lowest BCUT2D eigenvalue weighted by molar-refractivity contribution is -0.126. The number of carbonyl (C=O) groups excluding carboxylic acids is 2. The zero-order valence-electron chi connectivity index (χ0n) is 18.5. The van der Waals surface area contributed by atoms with Crippen LogP contribution in [0.4, 0.5) is 0 Å². The molecule has 8 heteroatoms. The fourth-order valence-corrected chi connectivity index (χ4v) is 3.74. The first kappa shape index (κ1) is 22.4. The smallest absolute Gasteiger partial charge is 0.289 e. The number of hydrogen-bond acceptors (Lipinski definition) is 6. The van der Waals surface area contributed by atoms with E-state index in [0.717, 1.165) is 11.3 Å². The Labute approximate surface area is 192 Å². The molecule has 2 amide bonds. The minimum atomic E-state index is -0.129. The zero-order chi connectivity index (χ0) is 23.0. The maximum Gasteiger partial charge on any atom is 0.289 e. The molecule has 1 aromatic carbocycles. The minimum absolute atomic E-state index is 0.00843. The summed E-state index contributed by atoms with van der Waals surface area (Å²) in [6, 6.07) is 14.3. The predicted octanol–water partition coefficient (Wildman–Crippen LogP) is 4.03. The number of rotatable bonds is 8. The van der Waals surface area contributed by atoms with Crippen molar-refractivity contribution >= 4 is 11.8 Å². The van der Waals surface area contributed by atoms with Crippen LogP contribution in [0, 0.1) is 5.92 Å². The van der Waals surface area contributed by atoms with Crippen molar-refractivity contribution in [2.75, 3.05) is 19.7 Å². The number of pyridine rings is 1. The molecule has 0 unspecified atom stereocenters. The number of hydrogen-bond donors (Lipinski definition) is 1. The van der Waals surface area contributed by atoms with Gasteiger partial charge in [0.1, 0.15) is 11.5 Å². The highest BCUT2D eigenvalue weighted by atomic mass is 16.5. The van der Waals surface area contributed by atoms with E-state index in [0.29, 0.717) is 56.5 Å². The van der Waals surface area contributed by atoms with Crippen LogP contribution in [-0.2, 0) is 11.3 Å². The van der Waals surface area contributed by atoms with Crippen molar-refractivity contribution in [2.24, 2.45) is 5.92 Å². The topological polar surface area (TPSA) is 93.9 Å². The molecule has 2 aromatic heterocycles. The molecule has 3 aromatic rings. The molecule has 0 spiro atoms. The molecule has 1 N–H and O–H groups in total. The Bertz CT molecular complexity index is 1060. The fourth-order valence-electron chi connectivity index (χ4n) is 3.74. The van der Waals surface area contributed by atoms with Gasteiger partial charge in [-0.25, -0.2) is 4.98 Å². The summed E-state index contributed by atoms with van der Waals surface area (Å²) in [4.78, 5) is 31.0. The van der Waals surface area contributed by atoms with Crippen LogP contribution in [-0.4, -0.2) is 41.4 Å². The lowest BCUT2D eigenvalue weighted by Crippen LogP contribution is -2.42. The Morgan fingerprint density at radius 2 is 1.88 bits per heavy atom. The van der Waals surface area contributed by atoms with E-state index < -0.39 is 0 Å². The van der Waals surface area contributed by atoms with Crippen LogP contribution >= 0.6 is 0 Å². The predicted molar refractivity (Wildman–Crippen MR) is 121 cm³/mol. The number of furan rings is 1. The number of ether oxygens (including phenoxy) is 2. The normalized spacial score (nSPS) is 14.0. The van der Waals surface area contributed by atoms with E-state index in [-0.39, 0.29) is 17.7 Å². The molecule has 8 nitrogen and oxygen atoms in total. The van der Waals surface area contributed by atoms with Crippen LogP contribution in [0.3, 0.4) is 0 Å². The van der Waals surface area contributed by atoms with E-state index in [4.69, 9.17) is 13.9 Å². The summed E-state index contributed by atoms with van der Waals surface area (Å²) in [6.07, 6.45) is 4.40. The van der Waals surface area contributed by atoms with Crippen LogP contribution < -0.4 is 14.8 Å². The van der Waals surface area contributed by atoms with E-state index in [2.05, 4.69) is 10.3 Å². The SMILES string of the molecule is CCOc1ccc(Oc2cc(CNC(=O)C3CCN(C(=O)c4ccco4)CC3)ccn2)cc1. The van der Waals surface area contributed by atoms with Gasteiger partial charge in [0.15, 0.2) is 5.76 Å². The van der Waals surface area contributed by atoms with E-state index in [1.807, 2.05) is 37.3 Å². The van der Waals surface area contributed by atoms with Crippen molar-refractivity contribution in [1.82, 2.24) is 15.2 Å². The lowest BCUT2D eigenvalue weighted by atomic mass is 9.95. The van der Waals surface area contributed by atoms with Crippen LogP contribution in [0.1, 0.15) is 35.9 Å². The highest BCUT2D eigenvalue weighted by molar-refractivity contribution is 5.91. The second-order valence-corrected chi connectivity index (χ2v) is 7.77. The molecular weight excluding hydrogens is 422 g/mol. The molecule has 1 saturated heterocycles. The Morgan fingerprint density at radius 1 is 1.12 bits per heavy atom. The summed E-state index contributed by atoms with van der Waals surface area (Å²) >= 11 is 0. The highest BCUT2D eigenvalue weighted by Gasteiger charge is 2.28. The molecule has 0 saturated carbocycles. The van der Waals surface area contributed by atoms with E-state index in [1.165, 1.54) is 6.26 Å². The third-order valence-corrected chi connectivity index (χ3v) is 5.51. The quantitative estimate of drug-likeness (QED) is 0.558. The zero-order valence-corrected chi connectivity index (χ0v) is 18.5. The van der Waals surface area contributed by atoms with Gasteiger partial charge in [-0.15, -0.1) is 0 Å². The monoisotopic (exact) mass is 449 g/mol. The molecule has 33 heavy (non-hydrogen) atoms. The first-order chi connectivity index (χ1) is 16.1. The lowest BCUT2D eigenvalue weighted by Gasteiger charge is -2.30. The van der Waals surface area contributed by atoms with E-state index in [9.17, 15) is 9.59 Å². The third kappa shape index (κ3) is 5.91. The van der Waals surface area contributed by atoms with Crippen molar-refractivity contribution < 1.29 is 23.5 Å². The van der Waals surface area contributed by atoms with Gasteiger partial charge in [0, 0.05) is 37.8 Å². The first-order valence-electron chi connectivity index (χ1n) is 11.1. The Kier molecular flexibility index (Phi) is 7.24. The Balaban J connectivity index is 1.25. The summed E-state index contributed by atoms with van der Waals surface area (Å²) in [5.41, 5.74) is 0.893. The molecule has 1 aliphatic rings. The molecule has 3 heterocycles. The summed E-state index contributed by atoms with van der Waals surface area (Å²) in [5.74, 6) is 1.97. The summed E-state index contributed by atoms with van der Waals surface area (Å²) in [6.45, 7) is 4.00. The molecule has 0 bridgehead atoms. The number of piperidine rings is 1. The van der Waals surface area contributed by atoms with Gasteiger partial charge in [0.25, 0.3) is 5.91 Å². The first-order valence-corrected chi connectivity index (χ1v) is 11.1. The molecule has 1 aliphatic heterocycles. The van der Waals surface area contributed by atoms with Crippen LogP contribution in [0.5, 0.6) is 17.4 Å². The van der Waals surface area contributed by atoms with Gasteiger partial charge >= 0.3 is 0 Å². The number of amides is 2. The fraction of sp³-hybridized carbons (Fsp3) is 0.320. The number of benzene rings is 1. The molecule has 4 rings (SSSR count). The molecule has 1 fully saturated rings. The van der Waals surface area contributed by atoms with Gasteiger partial charge in [0.2, 0.25) is 11.8 Å². The molecule has 0 atom stereocenters. The van der Waals surface area contributed by atoms with Crippen molar-refractivity contribution in [2.45, 2.75) is 26.3 Å². The largest absolute Gasteiger partial charge is 0.494 e. The van der Waals surface area contributed by atoms with Crippen molar-refractivity contribution in [3.05, 3.63) is 72.3 Å². The van der Waals surface area contributed by atoms with Crippen molar-refractivity contribution in [3.63, 3.8) is 0 Å². The standard InChI is InChI=1S/C25H27N3O5/c1-2-31-20-5-7-21(8-6-20)33-23-16-18(9-12-26-23)17-27-24(29)19-10-13-28(14-11-19)25(30)22-4-3-15-32-22/h3-9,12,15-16,19H,2,10-11,13-14,17H2,1H3,(H,27,29). The molecular formula is C25H27N3O5. The third-order valence-electron chi connectivity index (χ3n) is 5.51. The maximum atomic E-state index is 12.6. The molecule has 172 valence electrons. The van der Waals surface area contributed by atoms with Gasteiger partial charge in [0.05, 0.1) is 12.9 Å². The summed E-state index contributed by atoms with van der Waals surface area (Å²) in [7, 11) is 0. The van der Waals surface area contributed by atoms with Gasteiger partial charge in [-0.1, -0.05) is 0 Å². The number of nitrogens with zero attached hydrogens (tertiary/aromatic N) is 2. The molecule has 0 radical (unpaired) electrons. The summed E-state index contributed by atoms with van der Waals surface area (Å²) in [5, 5.41) is 2.99. The number of aromatic nitrogens is 1. The van der Waals surface area contributed by atoms with Crippen molar-refractivity contribution in [1.29, 1.82) is 0 Å². The van der Waals surface area contributed by atoms with Gasteiger partial charge in [-0.3, -0.25) is 9.59 Å². The Morgan fingerprint density at radius 3 is 2.58 bits per heavy atom. The maximum absolute atomic E-state index is 12.6. The van der Waals surface area contributed by atoms with Gasteiger partial charge in [-0.2, -0.15) is 0 Å². The minimum Gasteiger partial charge on any atom is -0.494 e. The van der Waals surface area contributed by atoms with Crippen molar-refractivity contribution in [3.8, 4) is 17.4 Å². The second-order valence-electron chi connectivity index (χ2n) is 7.77. The van der Waals surface area contributed by atoms with Gasteiger partial charge < -0.3 is 24.1 Å². The van der Waals surface area contributed by atoms with Gasteiger partial charge in [-0.05, 0) is 67.8 Å². The number of likely N-dealkylation sites (tertiary alicyclic amines) is 1. The van der Waals surface area contributed by atoms with Crippen LogP contribution in [0.2, 0.25) is 0 Å². The Hall–Kier alpha value is -3.81. The van der Waals surface area contributed by atoms with E-state index in [1.54, 1.807) is 29.3 Å². The average Bonchev–Trinajstić information content (AvgIpc) is 3.39. The van der Waals surface area contributed by atoms with Crippen LogP contribution in [0.15, 0.2) is 65.4 Å². The summed E-state index contributed by atoms with van der Waals surface area (Å²) < 4.78 is 16.4. The number of carbonyl (C=O) groups is 2. The van der Waals surface area contributed by atoms with Crippen LogP contribution in [0.25, 0.3) is 0 Å². The number of nitrogens with one attached hydrogen (secondary N) is 1. The van der Waals surface area contributed by atoms with E-state index >= 15 is 0 Å². The molecule has 0 aliphatic carbocycles. The highest BCUT2D eigenvalue weighted by Crippen LogP contribution is 2.23. The second kappa shape index (κ2) is 10.7. The average molecular weight is 450 g/mol.